The molecule has 2 aromatic rings. The number of halogens is 4. The van der Waals surface area contributed by atoms with Crippen LogP contribution in [0, 0.1) is 21.0 Å². The van der Waals surface area contributed by atoms with Gasteiger partial charge in [-0.3, -0.25) is 9.63 Å². The fraction of sp³-hybridized carbons (Fsp3) is 0.350. The van der Waals surface area contributed by atoms with E-state index in [2.05, 4.69) is 5.32 Å². The first kappa shape index (κ1) is 25.3. The fourth-order valence-corrected chi connectivity index (χ4v) is 3.14. The number of anilines is 2. The van der Waals surface area contributed by atoms with E-state index >= 15 is 4.39 Å². The van der Waals surface area contributed by atoms with E-state index in [1.807, 2.05) is 28.1 Å². The summed E-state index contributed by atoms with van der Waals surface area (Å²) in [5, 5.41) is 20.2. The Bertz CT molecular complexity index is 944. The second kappa shape index (κ2) is 11.1. The molecule has 2 aromatic carbocycles. The van der Waals surface area contributed by atoms with Crippen LogP contribution in [0.4, 0.5) is 24.5 Å². The van der Waals surface area contributed by atoms with E-state index in [1.54, 1.807) is 6.07 Å². The van der Waals surface area contributed by atoms with E-state index in [-0.39, 0.29) is 43.2 Å². The number of aliphatic hydroxyl groups excluding tert-OH is 2. The van der Waals surface area contributed by atoms with Crippen LogP contribution in [0.1, 0.15) is 29.8 Å². The van der Waals surface area contributed by atoms with Crippen LogP contribution in [-0.4, -0.2) is 42.5 Å². The fourth-order valence-electron chi connectivity index (χ4n) is 2.69. The molecular formula is C20H22F3IN2O5. The Morgan fingerprint density at radius 2 is 1.77 bits per heavy atom. The highest BCUT2D eigenvalue weighted by atomic mass is 127. The maximum absolute atomic E-state index is 15.1. The third kappa shape index (κ3) is 6.29. The molecule has 0 aliphatic rings. The topological polar surface area (TPSA) is 100 Å². The highest BCUT2D eigenvalue weighted by Gasteiger charge is 2.32. The SMILES string of the molecule is CC(C)(OCCO)c1cc(C(=O)NOCCO)c(Nc2ccc(I)cc2F)c(F)c1F. The summed E-state index contributed by atoms with van der Waals surface area (Å²) in [5.74, 6) is -4.42. The van der Waals surface area contributed by atoms with Gasteiger partial charge in [0.1, 0.15) is 5.82 Å². The van der Waals surface area contributed by atoms with Crippen molar-refractivity contribution in [2.75, 3.05) is 31.7 Å². The van der Waals surface area contributed by atoms with Crippen LogP contribution in [0.15, 0.2) is 24.3 Å². The molecule has 0 fully saturated rings. The van der Waals surface area contributed by atoms with Crippen molar-refractivity contribution in [2.45, 2.75) is 19.4 Å². The van der Waals surface area contributed by atoms with Crippen molar-refractivity contribution in [3.8, 4) is 0 Å². The molecule has 0 aliphatic heterocycles. The number of rotatable bonds is 10. The van der Waals surface area contributed by atoms with Crippen LogP contribution >= 0.6 is 22.6 Å². The molecule has 0 radical (unpaired) electrons. The van der Waals surface area contributed by atoms with Crippen molar-refractivity contribution < 1.29 is 37.8 Å². The van der Waals surface area contributed by atoms with Crippen LogP contribution in [-0.2, 0) is 15.2 Å². The van der Waals surface area contributed by atoms with Gasteiger partial charge in [0.25, 0.3) is 5.91 Å². The lowest BCUT2D eigenvalue weighted by Gasteiger charge is -2.27. The minimum Gasteiger partial charge on any atom is -0.394 e. The van der Waals surface area contributed by atoms with Gasteiger partial charge in [0, 0.05) is 9.13 Å². The summed E-state index contributed by atoms with van der Waals surface area (Å²) >= 11 is 1.89. The molecule has 2 rings (SSSR count). The third-order valence-corrected chi connectivity index (χ3v) is 4.87. The van der Waals surface area contributed by atoms with E-state index in [1.165, 1.54) is 26.0 Å². The number of hydroxylamine groups is 1. The van der Waals surface area contributed by atoms with Crippen LogP contribution < -0.4 is 10.8 Å². The number of hydrogen-bond acceptors (Lipinski definition) is 6. The van der Waals surface area contributed by atoms with E-state index in [0.717, 1.165) is 6.07 Å². The second-order valence-corrected chi connectivity index (χ2v) is 8.06. The predicted molar refractivity (Wildman–Crippen MR) is 115 cm³/mol. The maximum atomic E-state index is 15.1. The summed E-state index contributed by atoms with van der Waals surface area (Å²) in [6, 6.07) is 5.10. The molecule has 0 spiro atoms. The predicted octanol–water partition coefficient (Wildman–Crippen LogP) is 3.35. The number of benzene rings is 2. The molecule has 1 amide bonds. The summed E-state index contributed by atoms with van der Waals surface area (Å²) in [7, 11) is 0. The van der Waals surface area contributed by atoms with Gasteiger partial charge in [0.15, 0.2) is 11.6 Å². The van der Waals surface area contributed by atoms with Crippen molar-refractivity contribution in [1.82, 2.24) is 5.48 Å². The number of nitrogens with one attached hydrogen (secondary N) is 2. The molecular weight excluding hydrogens is 532 g/mol. The number of ether oxygens (including phenoxy) is 1. The summed E-state index contributed by atoms with van der Waals surface area (Å²) < 4.78 is 50.3. The summed E-state index contributed by atoms with van der Waals surface area (Å²) in [4.78, 5) is 17.4. The van der Waals surface area contributed by atoms with Gasteiger partial charge in [0.2, 0.25) is 0 Å². The Morgan fingerprint density at radius 3 is 2.39 bits per heavy atom. The van der Waals surface area contributed by atoms with E-state index < -0.39 is 34.6 Å². The normalized spacial score (nSPS) is 11.5. The molecule has 31 heavy (non-hydrogen) atoms. The van der Waals surface area contributed by atoms with Crippen LogP contribution in [0.25, 0.3) is 0 Å². The Balaban J connectivity index is 2.58. The highest BCUT2D eigenvalue weighted by molar-refractivity contribution is 14.1. The van der Waals surface area contributed by atoms with Crippen LogP contribution in [0.2, 0.25) is 0 Å². The minimum atomic E-state index is -1.43. The Hall–Kier alpha value is -1.93. The molecule has 0 aromatic heterocycles. The maximum Gasteiger partial charge on any atom is 0.277 e. The smallest absolute Gasteiger partial charge is 0.277 e. The average Bonchev–Trinajstić information content (AvgIpc) is 2.71. The third-order valence-electron chi connectivity index (χ3n) is 4.20. The molecule has 11 heteroatoms. The zero-order valence-electron chi connectivity index (χ0n) is 16.8. The number of carbonyl (C=O) groups excluding carboxylic acids is 1. The molecule has 0 atom stereocenters. The summed E-state index contributed by atoms with van der Waals surface area (Å²) in [6.07, 6.45) is 0. The van der Waals surface area contributed by atoms with E-state index in [0.29, 0.717) is 3.57 Å². The first-order valence-corrected chi connectivity index (χ1v) is 10.2. The molecule has 0 bridgehead atoms. The Labute approximate surface area is 190 Å². The van der Waals surface area contributed by atoms with Gasteiger partial charge in [-0.1, -0.05) is 0 Å². The number of carbonyl (C=O) groups is 1. The number of aliphatic hydroxyl groups is 2. The van der Waals surface area contributed by atoms with Crippen molar-refractivity contribution in [2.24, 2.45) is 0 Å². The molecule has 0 aliphatic carbocycles. The summed E-state index contributed by atoms with van der Waals surface area (Å²) in [5.41, 5.74) is -0.844. The lowest BCUT2D eigenvalue weighted by Crippen LogP contribution is -2.29. The lowest BCUT2D eigenvalue weighted by atomic mass is 9.93. The van der Waals surface area contributed by atoms with Crippen molar-refractivity contribution in [3.63, 3.8) is 0 Å². The first-order valence-electron chi connectivity index (χ1n) is 9.14. The van der Waals surface area contributed by atoms with E-state index in [9.17, 15) is 13.6 Å². The molecule has 170 valence electrons. The molecule has 0 heterocycles. The quantitative estimate of drug-likeness (QED) is 0.204. The lowest BCUT2D eigenvalue weighted by molar-refractivity contribution is -0.0394. The monoisotopic (exact) mass is 554 g/mol. The van der Waals surface area contributed by atoms with Gasteiger partial charge in [-0.2, -0.15) is 0 Å². The number of amides is 1. The Morgan fingerprint density at radius 1 is 1.10 bits per heavy atom. The highest BCUT2D eigenvalue weighted by Crippen LogP contribution is 2.35. The van der Waals surface area contributed by atoms with Gasteiger partial charge in [-0.25, -0.2) is 18.7 Å². The molecule has 0 unspecified atom stereocenters. The largest absolute Gasteiger partial charge is 0.394 e. The van der Waals surface area contributed by atoms with Crippen LogP contribution in [0.3, 0.4) is 0 Å². The zero-order valence-corrected chi connectivity index (χ0v) is 18.9. The first-order chi connectivity index (χ1) is 14.6. The van der Waals surface area contributed by atoms with Crippen LogP contribution in [0.5, 0.6) is 0 Å². The summed E-state index contributed by atoms with van der Waals surface area (Å²) in [6.45, 7) is 1.77. The Kier molecular flexibility index (Phi) is 9.06. The van der Waals surface area contributed by atoms with Crippen molar-refractivity contribution in [1.29, 1.82) is 0 Å². The standard InChI is InChI=1S/C20H22F3IN2O5/c1-20(2,30-7-5-27)13-10-12(19(29)26-31-8-6-28)18(17(23)16(13)22)25-15-4-3-11(24)9-14(15)21/h3-4,9-10,25,27-28H,5-8H2,1-2H3,(H,26,29). The second-order valence-electron chi connectivity index (χ2n) is 6.81. The molecule has 0 saturated heterocycles. The molecule has 7 nitrogen and oxygen atoms in total. The van der Waals surface area contributed by atoms with Gasteiger partial charge < -0.3 is 20.3 Å². The number of hydrogen-bond donors (Lipinski definition) is 4. The zero-order chi connectivity index (χ0) is 23.2. The van der Waals surface area contributed by atoms with Gasteiger partial charge in [-0.05, 0) is 60.7 Å². The molecule has 4 N–H and O–H groups in total. The average molecular weight is 554 g/mol. The molecule has 0 saturated carbocycles. The van der Waals surface area contributed by atoms with E-state index in [4.69, 9.17) is 19.8 Å². The minimum absolute atomic E-state index is 0.150. The van der Waals surface area contributed by atoms with Crippen molar-refractivity contribution >= 4 is 39.9 Å². The van der Waals surface area contributed by atoms with Gasteiger partial charge in [-0.15, -0.1) is 0 Å². The van der Waals surface area contributed by atoms with Gasteiger partial charge >= 0.3 is 0 Å². The van der Waals surface area contributed by atoms with Crippen molar-refractivity contribution in [3.05, 3.63) is 56.4 Å². The van der Waals surface area contributed by atoms with Gasteiger partial charge in [0.05, 0.1) is 49.0 Å².